The summed E-state index contributed by atoms with van der Waals surface area (Å²) in [6.07, 6.45) is 1.89. The SMILES string of the molecule is Cn1ccc(CSc2nc(N)cc(N)n2)n1. The van der Waals surface area contributed by atoms with Crippen LogP contribution in [0.1, 0.15) is 5.69 Å². The third-order valence-electron chi connectivity index (χ3n) is 1.86. The smallest absolute Gasteiger partial charge is 0.191 e. The van der Waals surface area contributed by atoms with Crippen LogP contribution in [0, 0.1) is 0 Å². The zero-order valence-electron chi connectivity index (χ0n) is 8.79. The van der Waals surface area contributed by atoms with Gasteiger partial charge in [-0.25, -0.2) is 9.97 Å². The number of hydrogen-bond acceptors (Lipinski definition) is 6. The number of nitrogen functional groups attached to an aromatic ring is 2. The fourth-order valence-corrected chi connectivity index (χ4v) is 1.98. The zero-order chi connectivity index (χ0) is 11.5. The third-order valence-corrected chi connectivity index (χ3v) is 2.74. The molecule has 16 heavy (non-hydrogen) atoms. The zero-order valence-corrected chi connectivity index (χ0v) is 9.61. The van der Waals surface area contributed by atoms with Gasteiger partial charge in [-0.2, -0.15) is 5.10 Å². The summed E-state index contributed by atoms with van der Waals surface area (Å²) in [7, 11) is 1.88. The summed E-state index contributed by atoms with van der Waals surface area (Å²) in [6.45, 7) is 0. The third kappa shape index (κ3) is 2.63. The van der Waals surface area contributed by atoms with E-state index in [0.29, 0.717) is 22.5 Å². The van der Waals surface area contributed by atoms with Gasteiger partial charge in [0.05, 0.1) is 5.69 Å². The first-order chi connectivity index (χ1) is 7.63. The minimum atomic E-state index is 0.385. The molecule has 0 fully saturated rings. The Kier molecular flexibility index (Phi) is 2.95. The molecule has 0 aliphatic heterocycles. The molecule has 7 heteroatoms. The molecular weight excluding hydrogens is 224 g/mol. The van der Waals surface area contributed by atoms with Crippen LogP contribution in [0.3, 0.4) is 0 Å². The summed E-state index contributed by atoms with van der Waals surface area (Å²) in [5.41, 5.74) is 12.1. The Morgan fingerprint density at radius 1 is 1.31 bits per heavy atom. The van der Waals surface area contributed by atoms with E-state index in [2.05, 4.69) is 15.1 Å². The largest absolute Gasteiger partial charge is 0.383 e. The van der Waals surface area contributed by atoms with Gasteiger partial charge in [-0.1, -0.05) is 11.8 Å². The van der Waals surface area contributed by atoms with Crippen LogP contribution in [0.4, 0.5) is 11.6 Å². The van der Waals surface area contributed by atoms with Crippen molar-refractivity contribution >= 4 is 23.4 Å². The van der Waals surface area contributed by atoms with E-state index in [9.17, 15) is 0 Å². The molecule has 2 heterocycles. The number of hydrogen-bond donors (Lipinski definition) is 2. The van der Waals surface area contributed by atoms with Gasteiger partial charge in [-0.05, 0) is 6.07 Å². The fraction of sp³-hybridized carbons (Fsp3) is 0.222. The van der Waals surface area contributed by atoms with Gasteiger partial charge < -0.3 is 11.5 Å². The van der Waals surface area contributed by atoms with Crippen molar-refractivity contribution in [3.63, 3.8) is 0 Å². The van der Waals surface area contributed by atoms with Gasteiger partial charge in [0.1, 0.15) is 11.6 Å². The quantitative estimate of drug-likeness (QED) is 0.600. The average molecular weight is 236 g/mol. The Bertz CT molecular complexity index is 474. The van der Waals surface area contributed by atoms with Gasteiger partial charge in [-0.3, -0.25) is 4.68 Å². The Morgan fingerprint density at radius 3 is 2.56 bits per heavy atom. The number of aromatic nitrogens is 4. The number of nitrogens with zero attached hydrogens (tertiary/aromatic N) is 4. The van der Waals surface area contributed by atoms with Crippen LogP contribution in [-0.2, 0) is 12.8 Å². The molecule has 0 saturated heterocycles. The number of thioether (sulfide) groups is 1. The van der Waals surface area contributed by atoms with Gasteiger partial charge in [0.2, 0.25) is 0 Å². The topological polar surface area (TPSA) is 95.6 Å². The van der Waals surface area contributed by atoms with Gasteiger partial charge in [0, 0.05) is 25.1 Å². The average Bonchev–Trinajstić information content (AvgIpc) is 2.60. The molecule has 0 atom stereocenters. The summed E-state index contributed by atoms with van der Waals surface area (Å²) >= 11 is 1.46. The van der Waals surface area contributed by atoms with E-state index in [1.807, 2.05) is 19.3 Å². The lowest BCUT2D eigenvalue weighted by Crippen LogP contribution is -1.99. The molecule has 2 rings (SSSR count). The molecule has 4 N–H and O–H groups in total. The Hall–Kier alpha value is -1.76. The molecule has 2 aromatic heterocycles. The first-order valence-corrected chi connectivity index (χ1v) is 5.63. The van der Waals surface area contributed by atoms with Crippen molar-refractivity contribution in [2.24, 2.45) is 7.05 Å². The molecule has 0 spiro atoms. The molecular formula is C9H12N6S. The van der Waals surface area contributed by atoms with Crippen molar-refractivity contribution in [2.45, 2.75) is 10.9 Å². The summed E-state index contributed by atoms with van der Waals surface area (Å²) in [6, 6.07) is 3.48. The van der Waals surface area contributed by atoms with Gasteiger partial charge >= 0.3 is 0 Å². The van der Waals surface area contributed by atoms with Crippen LogP contribution in [-0.4, -0.2) is 19.7 Å². The molecule has 0 saturated carbocycles. The van der Waals surface area contributed by atoms with Crippen LogP contribution in [0.2, 0.25) is 0 Å². The second kappa shape index (κ2) is 4.40. The maximum Gasteiger partial charge on any atom is 0.191 e. The molecule has 0 aliphatic carbocycles. The van der Waals surface area contributed by atoms with E-state index < -0.39 is 0 Å². The number of nitrogens with two attached hydrogens (primary N) is 2. The molecule has 0 aromatic carbocycles. The molecule has 0 amide bonds. The predicted octanol–water partition coefficient (Wildman–Crippen LogP) is 0.667. The monoisotopic (exact) mass is 236 g/mol. The highest BCUT2D eigenvalue weighted by Crippen LogP contribution is 2.19. The molecule has 6 nitrogen and oxygen atoms in total. The van der Waals surface area contributed by atoms with Gasteiger partial charge in [-0.15, -0.1) is 0 Å². The Balaban J connectivity index is 2.04. The molecule has 0 aliphatic rings. The number of anilines is 2. The van der Waals surface area contributed by atoms with Crippen molar-refractivity contribution in [1.29, 1.82) is 0 Å². The number of aryl methyl sites for hydroxylation is 1. The van der Waals surface area contributed by atoms with E-state index in [4.69, 9.17) is 11.5 Å². The minimum Gasteiger partial charge on any atom is -0.383 e. The summed E-state index contributed by atoms with van der Waals surface area (Å²) in [5, 5.41) is 4.82. The highest BCUT2D eigenvalue weighted by Gasteiger charge is 2.03. The van der Waals surface area contributed by atoms with Crippen LogP contribution in [0.5, 0.6) is 0 Å². The lowest BCUT2D eigenvalue weighted by atomic mass is 10.5. The van der Waals surface area contributed by atoms with Crippen LogP contribution in [0.15, 0.2) is 23.5 Å². The number of rotatable bonds is 3. The van der Waals surface area contributed by atoms with Crippen molar-refractivity contribution in [2.75, 3.05) is 11.5 Å². The maximum absolute atomic E-state index is 5.57. The highest BCUT2D eigenvalue weighted by molar-refractivity contribution is 7.98. The molecule has 84 valence electrons. The Morgan fingerprint density at radius 2 is 2.00 bits per heavy atom. The van der Waals surface area contributed by atoms with Crippen molar-refractivity contribution in [3.05, 3.63) is 24.0 Å². The lowest BCUT2D eigenvalue weighted by molar-refractivity contribution is 0.754. The molecule has 0 bridgehead atoms. The fourth-order valence-electron chi connectivity index (χ4n) is 1.21. The second-order valence-electron chi connectivity index (χ2n) is 3.27. The molecule has 0 radical (unpaired) electrons. The van der Waals surface area contributed by atoms with Crippen molar-refractivity contribution < 1.29 is 0 Å². The molecule has 2 aromatic rings. The minimum absolute atomic E-state index is 0.385. The standard InChI is InChI=1S/C9H12N6S/c1-15-3-2-6(14-15)5-16-9-12-7(10)4-8(11)13-9/h2-4H,5H2,1H3,(H4,10,11,12,13). The summed E-state index contributed by atoms with van der Waals surface area (Å²) < 4.78 is 1.75. The van der Waals surface area contributed by atoms with E-state index >= 15 is 0 Å². The van der Waals surface area contributed by atoms with Crippen molar-refractivity contribution in [1.82, 2.24) is 19.7 Å². The summed E-state index contributed by atoms with van der Waals surface area (Å²) in [4.78, 5) is 8.14. The first kappa shape index (κ1) is 10.7. The van der Waals surface area contributed by atoms with Crippen LogP contribution < -0.4 is 11.5 Å². The van der Waals surface area contributed by atoms with E-state index in [1.54, 1.807) is 4.68 Å². The van der Waals surface area contributed by atoms with E-state index in [-0.39, 0.29) is 0 Å². The van der Waals surface area contributed by atoms with E-state index in [0.717, 1.165) is 5.69 Å². The predicted molar refractivity (Wildman–Crippen MR) is 63.6 cm³/mol. The maximum atomic E-state index is 5.57. The van der Waals surface area contributed by atoms with Gasteiger partial charge in [0.15, 0.2) is 5.16 Å². The second-order valence-corrected chi connectivity index (χ2v) is 4.21. The normalized spacial score (nSPS) is 10.6. The van der Waals surface area contributed by atoms with Crippen LogP contribution >= 0.6 is 11.8 Å². The highest BCUT2D eigenvalue weighted by atomic mass is 32.2. The lowest BCUT2D eigenvalue weighted by Gasteiger charge is -2.00. The Labute approximate surface area is 97.1 Å². The first-order valence-electron chi connectivity index (χ1n) is 4.65. The van der Waals surface area contributed by atoms with Crippen molar-refractivity contribution in [3.8, 4) is 0 Å². The van der Waals surface area contributed by atoms with Crippen LogP contribution in [0.25, 0.3) is 0 Å². The van der Waals surface area contributed by atoms with E-state index in [1.165, 1.54) is 17.8 Å². The molecule has 0 unspecified atom stereocenters. The summed E-state index contributed by atoms with van der Waals surface area (Å²) in [5.74, 6) is 1.47. The van der Waals surface area contributed by atoms with Gasteiger partial charge in [0.25, 0.3) is 0 Å².